The maximum Gasteiger partial charge on any atom is 0.226 e. The van der Waals surface area contributed by atoms with Crippen molar-refractivity contribution in [1.29, 1.82) is 0 Å². The van der Waals surface area contributed by atoms with Crippen LogP contribution in [-0.4, -0.2) is 23.1 Å². The molecule has 96 valence electrons. The number of aryl methyl sites for hydroxylation is 1. The van der Waals surface area contributed by atoms with Crippen molar-refractivity contribution in [2.45, 2.75) is 26.3 Å². The Morgan fingerprint density at radius 1 is 1.44 bits per heavy atom. The van der Waals surface area contributed by atoms with Crippen molar-refractivity contribution >= 4 is 17.3 Å². The second-order valence-corrected chi connectivity index (χ2v) is 5.24. The maximum absolute atomic E-state index is 5.13. The van der Waals surface area contributed by atoms with Gasteiger partial charge in [-0.2, -0.15) is 4.98 Å². The molecule has 1 N–H and O–H groups in total. The lowest BCUT2D eigenvalue weighted by Crippen LogP contribution is -2.19. The van der Waals surface area contributed by atoms with Gasteiger partial charge in [0.15, 0.2) is 0 Å². The highest BCUT2D eigenvalue weighted by Crippen LogP contribution is 2.15. The van der Waals surface area contributed by atoms with Crippen LogP contribution in [0.5, 0.6) is 5.88 Å². The maximum atomic E-state index is 5.13. The molecule has 0 saturated heterocycles. The van der Waals surface area contributed by atoms with Gasteiger partial charge in [-0.1, -0.05) is 6.07 Å². The van der Waals surface area contributed by atoms with Crippen molar-refractivity contribution in [2.75, 3.05) is 12.4 Å². The van der Waals surface area contributed by atoms with Crippen molar-refractivity contribution in [3.8, 4) is 5.88 Å². The molecule has 2 heterocycles. The van der Waals surface area contributed by atoms with Crippen LogP contribution in [0.4, 0.5) is 5.95 Å². The number of nitrogens with one attached hydrogen (secondary N) is 1. The van der Waals surface area contributed by atoms with Crippen molar-refractivity contribution in [3.05, 3.63) is 34.2 Å². The fraction of sp³-hybridized carbons (Fsp3) is 0.385. The number of aromatic nitrogens is 2. The van der Waals surface area contributed by atoms with Gasteiger partial charge >= 0.3 is 0 Å². The van der Waals surface area contributed by atoms with Crippen molar-refractivity contribution in [3.63, 3.8) is 0 Å². The predicted octanol–water partition coefficient (Wildman–Crippen LogP) is 2.90. The first-order chi connectivity index (χ1) is 8.67. The minimum absolute atomic E-state index is 0.287. The number of hydrogen-bond acceptors (Lipinski definition) is 5. The highest BCUT2D eigenvalue weighted by Gasteiger charge is 2.08. The van der Waals surface area contributed by atoms with Crippen molar-refractivity contribution in [1.82, 2.24) is 9.97 Å². The van der Waals surface area contributed by atoms with Crippen LogP contribution >= 0.6 is 11.3 Å². The zero-order valence-electron chi connectivity index (χ0n) is 10.8. The molecule has 5 heteroatoms. The van der Waals surface area contributed by atoms with E-state index in [9.17, 15) is 0 Å². The van der Waals surface area contributed by atoms with E-state index in [4.69, 9.17) is 4.74 Å². The first-order valence-corrected chi connectivity index (χ1v) is 6.74. The van der Waals surface area contributed by atoms with Gasteiger partial charge in [0.1, 0.15) is 0 Å². The fourth-order valence-electron chi connectivity index (χ4n) is 1.71. The minimum atomic E-state index is 0.287. The van der Waals surface area contributed by atoms with Crippen LogP contribution in [0, 0.1) is 6.92 Å². The molecule has 0 bridgehead atoms. The van der Waals surface area contributed by atoms with Gasteiger partial charge in [0.25, 0.3) is 0 Å². The molecule has 4 nitrogen and oxygen atoms in total. The number of rotatable bonds is 5. The highest BCUT2D eigenvalue weighted by molar-refractivity contribution is 7.09. The van der Waals surface area contributed by atoms with Gasteiger partial charge in [-0.15, -0.1) is 11.3 Å². The Kier molecular flexibility index (Phi) is 4.15. The third kappa shape index (κ3) is 3.43. The average molecular weight is 263 g/mol. The topological polar surface area (TPSA) is 47.0 Å². The zero-order valence-corrected chi connectivity index (χ0v) is 11.6. The van der Waals surface area contributed by atoms with Crippen molar-refractivity contribution < 1.29 is 4.74 Å². The number of anilines is 1. The summed E-state index contributed by atoms with van der Waals surface area (Å²) in [6, 6.07) is 6.31. The molecule has 2 aromatic heterocycles. The van der Waals surface area contributed by atoms with E-state index in [1.54, 1.807) is 18.4 Å². The normalized spacial score (nSPS) is 12.2. The number of nitrogens with zero attached hydrogens (tertiary/aromatic N) is 2. The summed E-state index contributed by atoms with van der Waals surface area (Å²) in [7, 11) is 1.61. The number of ether oxygens (including phenoxy) is 1. The molecule has 0 fully saturated rings. The largest absolute Gasteiger partial charge is 0.481 e. The third-order valence-electron chi connectivity index (χ3n) is 2.50. The van der Waals surface area contributed by atoms with Crippen LogP contribution < -0.4 is 10.1 Å². The Morgan fingerprint density at radius 3 is 2.94 bits per heavy atom. The fourth-order valence-corrected chi connectivity index (χ4v) is 2.55. The summed E-state index contributed by atoms with van der Waals surface area (Å²) < 4.78 is 5.13. The van der Waals surface area contributed by atoms with Gasteiger partial charge < -0.3 is 10.1 Å². The van der Waals surface area contributed by atoms with E-state index in [0.29, 0.717) is 11.8 Å². The molecular formula is C13H17N3OS. The Hall–Kier alpha value is -1.62. The second-order valence-electron chi connectivity index (χ2n) is 4.20. The predicted molar refractivity (Wildman–Crippen MR) is 74.4 cm³/mol. The molecule has 0 aliphatic rings. The zero-order chi connectivity index (χ0) is 13.0. The molecule has 2 aromatic rings. The molecule has 1 unspecified atom stereocenters. The molecule has 18 heavy (non-hydrogen) atoms. The first kappa shape index (κ1) is 12.8. The summed E-state index contributed by atoms with van der Waals surface area (Å²) in [4.78, 5) is 9.99. The Labute approximate surface area is 111 Å². The molecule has 0 spiro atoms. The molecule has 0 amide bonds. The number of methoxy groups -OCH3 is 1. The van der Waals surface area contributed by atoms with E-state index >= 15 is 0 Å². The number of hydrogen-bond donors (Lipinski definition) is 1. The summed E-state index contributed by atoms with van der Waals surface area (Å²) >= 11 is 1.77. The summed E-state index contributed by atoms with van der Waals surface area (Å²) in [5.74, 6) is 1.21. The SMILES string of the molecule is COc1cc(C)nc(NC(C)Cc2cccs2)n1. The van der Waals surface area contributed by atoms with Gasteiger partial charge in [0.05, 0.1) is 7.11 Å². The van der Waals surface area contributed by atoms with Crippen LogP contribution in [-0.2, 0) is 6.42 Å². The van der Waals surface area contributed by atoms with Gasteiger partial charge in [0, 0.05) is 29.1 Å². The molecule has 0 aliphatic carbocycles. The van der Waals surface area contributed by atoms with E-state index in [1.165, 1.54) is 4.88 Å². The van der Waals surface area contributed by atoms with Crippen LogP contribution in [0.25, 0.3) is 0 Å². The van der Waals surface area contributed by atoms with Gasteiger partial charge in [-0.25, -0.2) is 4.98 Å². The molecule has 0 aromatic carbocycles. The summed E-state index contributed by atoms with van der Waals surface area (Å²) in [6.07, 6.45) is 0.970. The molecule has 0 aliphatic heterocycles. The van der Waals surface area contributed by atoms with Crippen LogP contribution in [0.15, 0.2) is 23.6 Å². The first-order valence-electron chi connectivity index (χ1n) is 5.86. The quantitative estimate of drug-likeness (QED) is 0.901. The van der Waals surface area contributed by atoms with E-state index < -0.39 is 0 Å². The van der Waals surface area contributed by atoms with Gasteiger partial charge in [-0.05, 0) is 25.3 Å². The monoisotopic (exact) mass is 263 g/mol. The van der Waals surface area contributed by atoms with E-state index in [-0.39, 0.29) is 6.04 Å². The molecule has 0 radical (unpaired) electrons. The van der Waals surface area contributed by atoms with E-state index in [1.807, 2.05) is 13.0 Å². The van der Waals surface area contributed by atoms with Gasteiger partial charge in [0.2, 0.25) is 11.8 Å². The van der Waals surface area contributed by atoms with E-state index in [2.05, 4.69) is 39.7 Å². The minimum Gasteiger partial charge on any atom is -0.481 e. The highest BCUT2D eigenvalue weighted by atomic mass is 32.1. The lowest BCUT2D eigenvalue weighted by molar-refractivity contribution is 0.397. The summed E-state index contributed by atoms with van der Waals surface area (Å²) in [6.45, 7) is 4.05. The van der Waals surface area contributed by atoms with E-state index in [0.717, 1.165) is 12.1 Å². The van der Waals surface area contributed by atoms with Crippen LogP contribution in [0.2, 0.25) is 0 Å². The smallest absolute Gasteiger partial charge is 0.226 e. The van der Waals surface area contributed by atoms with Crippen molar-refractivity contribution in [2.24, 2.45) is 0 Å². The molecule has 1 atom stereocenters. The third-order valence-corrected chi connectivity index (χ3v) is 3.40. The van der Waals surface area contributed by atoms with Crippen LogP contribution in [0.3, 0.4) is 0 Å². The Bertz CT molecular complexity index is 499. The molecule has 0 saturated carbocycles. The Morgan fingerprint density at radius 2 is 2.28 bits per heavy atom. The number of thiophene rings is 1. The van der Waals surface area contributed by atoms with Crippen LogP contribution in [0.1, 0.15) is 17.5 Å². The standard InChI is InChI=1S/C13H17N3OS/c1-9(7-11-5-4-6-18-11)14-13-15-10(2)8-12(16-13)17-3/h4-6,8-9H,7H2,1-3H3,(H,14,15,16). The Balaban J connectivity index is 2.02. The lowest BCUT2D eigenvalue weighted by Gasteiger charge is -2.13. The summed E-state index contributed by atoms with van der Waals surface area (Å²) in [5, 5.41) is 5.39. The molecule has 2 rings (SSSR count). The lowest BCUT2D eigenvalue weighted by atomic mass is 10.2. The molecular weight excluding hydrogens is 246 g/mol. The second kappa shape index (κ2) is 5.82. The summed E-state index contributed by atoms with van der Waals surface area (Å²) in [5.41, 5.74) is 0.896. The average Bonchev–Trinajstić information content (AvgIpc) is 2.80. The van der Waals surface area contributed by atoms with Gasteiger partial charge in [-0.3, -0.25) is 0 Å².